The minimum atomic E-state index is -0.431. The molecule has 1 aliphatic heterocycles. The van der Waals surface area contributed by atoms with E-state index in [1.165, 1.54) is 11.3 Å². The number of carbonyl (C=O) groups excluding carboxylic acids is 2. The molecule has 3 heterocycles. The van der Waals surface area contributed by atoms with Gasteiger partial charge in [0.1, 0.15) is 6.10 Å². The summed E-state index contributed by atoms with van der Waals surface area (Å²) in [5, 5.41) is 9.75. The Labute approximate surface area is 249 Å². The number of thiophene rings is 1. The second-order valence-electron chi connectivity index (χ2n) is 11.4. The zero-order chi connectivity index (χ0) is 29.1. The molecule has 5 rings (SSSR count). The molecule has 2 aromatic heterocycles. The Morgan fingerprint density at radius 3 is 2.49 bits per heavy atom. The van der Waals surface area contributed by atoms with Crippen LogP contribution in [0, 0.1) is 19.8 Å². The highest BCUT2D eigenvalue weighted by Crippen LogP contribution is 2.31. The number of hydrogen-bond acceptors (Lipinski definition) is 6. The predicted molar refractivity (Wildman–Crippen MR) is 163 cm³/mol. The highest BCUT2D eigenvalue weighted by atomic mass is 35.5. The minimum absolute atomic E-state index is 0.00561. The molecule has 7 nitrogen and oxygen atoms in total. The highest BCUT2D eigenvalue weighted by molar-refractivity contribution is 7.18. The van der Waals surface area contributed by atoms with Crippen LogP contribution in [0.25, 0.3) is 5.69 Å². The van der Waals surface area contributed by atoms with Gasteiger partial charge in [-0.2, -0.15) is 0 Å². The first-order chi connectivity index (χ1) is 19.7. The van der Waals surface area contributed by atoms with Crippen LogP contribution in [-0.4, -0.2) is 40.3 Å². The normalized spacial score (nSPS) is 20.8. The molecular weight excluding hydrogens is 560 g/mol. The molecule has 1 saturated carbocycles. The summed E-state index contributed by atoms with van der Waals surface area (Å²) in [7, 11) is 0. The molecule has 3 aromatic rings. The number of rotatable bonds is 10. The van der Waals surface area contributed by atoms with Crippen molar-refractivity contribution in [2.45, 2.75) is 83.8 Å². The largest absolute Gasteiger partial charge is 0.444 e. The van der Waals surface area contributed by atoms with Gasteiger partial charge >= 0.3 is 6.09 Å². The van der Waals surface area contributed by atoms with Crippen molar-refractivity contribution in [3.05, 3.63) is 78.9 Å². The molecule has 218 valence electrons. The van der Waals surface area contributed by atoms with Gasteiger partial charge in [-0.15, -0.1) is 11.3 Å². The molecular formula is C32H37ClN2O5S. The Kier molecular flexibility index (Phi) is 9.32. The van der Waals surface area contributed by atoms with Crippen LogP contribution in [0.2, 0.25) is 4.34 Å². The number of aliphatic hydroxyl groups is 1. The maximum Gasteiger partial charge on any atom is 0.414 e. The topological polar surface area (TPSA) is 88.8 Å². The number of anilines is 1. The molecule has 0 bridgehead atoms. The molecule has 2 fully saturated rings. The van der Waals surface area contributed by atoms with Crippen molar-refractivity contribution in [2.24, 2.45) is 5.92 Å². The number of benzene rings is 1. The van der Waals surface area contributed by atoms with Crippen molar-refractivity contribution in [1.82, 2.24) is 4.57 Å². The maximum atomic E-state index is 13.5. The number of carbonyl (C=O) groups is 2. The monoisotopic (exact) mass is 596 g/mol. The predicted octanol–water partition coefficient (Wildman–Crippen LogP) is 7.03. The van der Waals surface area contributed by atoms with Gasteiger partial charge in [-0.25, -0.2) is 4.79 Å². The molecule has 0 spiro atoms. The number of aryl methyl sites for hydroxylation is 3. The fraction of sp³-hybridized carbons (Fsp3) is 0.469. The fourth-order valence-electron chi connectivity index (χ4n) is 6.15. The van der Waals surface area contributed by atoms with Crippen molar-refractivity contribution in [2.75, 3.05) is 11.4 Å². The number of aliphatic hydroxyl groups excluding tert-OH is 1. The number of aromatic nitrogens is 1. The number of ketones is 1. The Morgan fingerprint density at radius 1 is 1.07 bits per heavy atom. The third kappa shape index (κ3) is 6.93. The molecule has 1 atom stereocenters. The van der Waals surface area contributed by atoms with Crippen LogP contribution in [0.15, 0.2) is 47.4 Å². The van der Waals surface area contributed by atoms with Gasteiger partial charge in [0.15, 0.2) is 5.78 Å². The van der Waals surface area contributed by atoms with E-state index < -0.39 is 6.09 Å². The van der Waals surface area contributed by atoms with E-state index in [0.717, 1.165) is 73.0 Å². The summed E-state index contributed by atoms with van der Waals surface area (Å²) in [5.41, 5.74) is 4.11. The highest BCUT2D eigenvalue weighted by Gasteiger charge is 2.33. The second-order valence-corrected chi connectivity index (χ2v) is 13.1. The standard InChI is InChI=1S/C32H37ClN2O5S/c1-20-17-24(35-19-26(40-32(35)39)12-13-27(37)28-14-15-29(33)41-28)18-21(2)30(20)34-16-4-7-23(31(34)38)6-3-5-22-8-10-25(36)11-9-22/h4,7,14-18,22,25-26,36H,3,5-6,8-13,19H2,1-2H3/t22?,25?,26-/m0/s1. The zero-order valence-corrected chi connectivity index (χ0v) is 25.2. The van der Waals surface area contributed by atoms with E-state index in [1.807, 2.05) is 38.1 Å². The molecule has 41 heavy (non-hydrogen) atoms. The molecule has 1 saturated heterocycles. The molecule has 2 aliphatic rings. The van der Waals surface area contributed by atoms with E-state index in [4.69, 9.17) is 16.3 Å². The van der Waals surface area contributed by atoms with E-state index in [-0.39, 0.29) is 30.0 Å². The van der Waals surface area contributed by atoms with Crippen LogP contribution in [-0.2, 0) is 11.2 Å². The average Bonchev–Trinajstić information content (AvgIpc) is 3.55. The van der Waals surface area contributed by atoms with Gasteiger partial charge in [0, 0.05) is 23.9 Å². The number of nitrogens with zero attached hydrogens (tertiary/aromatic N) is 2. The first-order valence-corrected chi connectivity index (χ1v) is 15.7. The van der Waals surface area contributed by atoms with E-state index in [9.17, 15) is 19.5 Å². The summed E-state index contributed by atoms with van der Waals surface area (Å²) in [4.78, 5) is 40.9. The van der Waals surface area contributed by atoms with Crippen molar-refractivity contribution in [1.29, 1.82) is 0 Å². The van der Waals surface area contributed by atoms with Gasteiger partial charge in [0.25, 0.3) is 5.56 Å². The lowest BCUT2D eigenvalue weighted by Gasteiger charge is -2.25. The Balaban J connectivity index is 1.24. The first kappa shape index (κ1) is 29.5. The fourth-order valence-corrected chi connectivity index (χ4v) is 7.16. The number of halogens is 1. The van der Waals surface area contributed by atoms with Crippen LogP contribution in [0.4, 0.5) is 10.5 Å². The van der Waals surface area contributed by atoms with E-state index >= 15 is 0 Å². The third-order valence-electron chi connectivity index (χ3n) is 8.34. The van der Waals surface area contributed by atoms with Gasteiger partial charge in [0.2, 0.25) is 0 Å². The van der Waals surface area contributed by atoms with Crippen molar-refractivity contribution in [3.8, 4) is 5.69 Å². The zero-order valence-electron chi connectivity index (χ0n) is 23.6. The molecule has 1 amide bonds. The summed E-state index contributed by atoms with van der Waals surface area (Å²) >= 11 is 7.20. The van der Waals surface area contributed by atoms with Gasteiger partial charge in [-0.05, 0) is 106 Å². The minimum Gasteiger partial charge on any atom is -0.444 e. The Bertz CT molecular complexity index is 1450. The van der Waals surface area contributed by atoms with Crippen molar-refractivity contribution >= 4 is 40.5 Å². The summed E-state index contributed by atoms with van der Waals surface area (Å²) in [5.74, 6) is 0.632. The number of hydrogen-bond donors (Lipinski definition) is 1. The second kappa shape index (κ2) is 12.9. The van der Waals surface area contributed by atoms with Gasteiger partial charge in [-0.3, -0.25) is 19.1 Å². The molecule has 1 N–H and O–H groups in total. The summed E-state index contributed by atoms with van der Waals surface area (Å²) in [6.07, 6.45) is 8.27. The summed E-state index contributed by atoms with van der Waals surface area (Å²) < 4.78 is 7.87. The number of amides is 1. The van der Waals surface area contributed by atoms with Crippen LogP contribution >= 0.6 is 22.9 Å². The lowest BCUT2D eigenvalue weighted by Crippen LogP contribution is -2.26. The van der Waals surface area contributed by atoms with Crippen molar-refractivity contribution in [3.63, 3.8) is 0 Å². The van der Waals surface area contributed by atoms with Gasteiger partial charge in [0.05, 0.1) is 27.5 Å². The lowest BCUT2D eigenvalue weighted by atomic mass is 9.84. The van der Waals surface area contributed by atoms with Gasteiger partial charge in [-0.1, -0.05) is 24.1 Å². The van der Waals surface area contributed by atoms with Crippen LogP contribution in [0.5, 0.6) is 0 Å². The lowest BCUT2D eigenvalue weighted by molar-refractivity contribution is 0.0943. The summed E-state index contributed by atoms with van der Waals surface area (Å²) in [6.45, 7) is 4.27. The molecule has 1 aromatic carbocycles. The SMILES string of the molecule is Cc1cc(N2C[C@H](CCC(=O)c3ccc(Cl)s3)OC2=O)cc(C)c1-n1cccc(CCCC2CCC(O)CC2)c1=O. The molecule has 1 aliphatic carbocycles. The number of ether oxygens (including phenoxy) is 1. The first-order valence-electron chi connectivity index (χ1n) is 14.5. The van der Waals surface area contributed by atoms with Crippen LogP contribution < -0.4 is 10.5 Å². The smallest absolute Gasteiger partial charge is 0.414 e. The van der Waals surface area contributed by atoms with E-state index in [2.05, 4.69) is 0 Å². The molecule has 0 unspecified atom stereocenters. The van der Waals surface area contributed by atoms with Crippen LogP contribution in [0.1, 0.15) is 77.7 Å². The third-order valence-corrected chi connectivity index (χ3v) is 9.62. The van der Waals surface area contributed by atoms with E-state index in [0.29, 0.717) is 28.1 Å². The summed E-state index contributed by atoms with van der Waals surface area (Å²) in [6, 6.07) is 11.1. The number of cyclic esters (lactones) is 1. The van der Waals surface area contributed by atoms with Crippen LogP contribution in [0.3, 0.4) is 0 Å². The maximum absolute atomic E-state index is 13.5. The number of pyridine rings is 1. The average molecular weight is 597 g/mol. The van der Waals surface area contributed by atoms with E-state index in [1.54, 1.807) is 27.8 Å². The Morgan fingerprint density at radius 2 is 1.80 bits per heavy atom. The number of Topliss-reactive ketones (excluding diaryl/α,β-unsaturated/α-hetero) is 1. The van der Waals surface area contributed by atoms with Gasteiger partial charge < -0.3 is 9.84 Å². The molecule has 9 heteroatoms. The Hall–Kier alpha value is -2.94. The molecule has 0 radical (unpaired) electrons. The van der Waals surface area contributed by atoms with Crippen molar-refractivity contribution < 1.29 is 19.4 Å². The quantitative estimate of drug-likeness (QED) is 0.254.